The van der Waals surface area contributed by atoms with Gasteiger partial charge in [0, 0.05) is 39.4 Å². The Morgan fingerprint density at radius 2 is 1.80 bits per heavy atom. The molecule has 9 nitrogen and oxygen atoms in total. The van der Waals surface area contributed by atoms with Crippen LogP contribution in [0.3, 0.4) is 0 Å². The number of benzene rings is 3. The van der Waals surface area contributed by atoms with Gasteiger partial charge in [0.2, 0.25) is 5.91 Å². The highest BCUT2D eigenvalue weighted by Crippen LogP contribution is 2.35. The van der Waals surface area contributed by atoms with Gasteiger partial charge in [-0.1, -0.05) is 29.8 Å². The summed E-state index contributed by atoms with van der Waals surface area (Å²) in [5.41, 5.74) is 2.18. The van der Waals surface area contributed by atoms with Crippen molar-refractivity contribution in [1.29, 1.82) is 0 Å². The lowest BCUT2D eigenvalue weighted by Crippen LogP contribution is -2.54. The summed E-state index contributed by atoms with van der Waals surface area (Å²) in [6.45, 7) is 0.00567. The third-order valence-corrected chi connectivity index (χ3v) is 6.83. The number of hydrogen-bond donors (Lipinski definition) is 2. The van der Waals surface area contributed by atoms with Crippen molar-refractivity contribution in [2.75, 3.05) is 24.4 Å². The first-order chi connectivity index (χ1) is 19.3. The van der Waals surface area contributed by atoms with Crippen LogP contribution in [0.1, 0.15) is 5.56 Å². The predicted octanol–water partition coefficient (Wildman–Crippen LogP) is 4.78. The second kappa shape index (κ2) is 11.2. The molecule has 1 saturated heterocycles. The summed E-state index contributed by atoms with van der Waals surface area (Å²) in [5, 5.41) is 6.69. The molecule has 4 aromatic rings. The number of ether oxygens (including phenoxy) is 2. The fraction of sp³-hybridized carbons (Fsp3) is 0.103. The number of nitrogens with zero attached hydrogens (tertiary/aromatic N) is 2. The molecule has 0 spiro atoms. The van der Waals surface area contributed by atoms with Crippen molar-refractivity contribution in [3.8, 4) is 11.5 Å². The van der Waals surface area contributed by atoms with Crippen LogP contribution in [0.25, 0.3) is 17.0 Å². The fourth-order valence-corrected chi connectivity index (χ4v) is 4.81. The zero-order valence-electron chi connectivity index (χ0n) is 21.4. The molecule has 0 saturated carbocycles. The Morgan fingerprint density at radius 1 is 1.05 bits per heavy atom. The number of hydrogen-bond acceptors (Lipinski definition) is 6. The lowest BCUT2D eigenvalue weighted by molar-refractivity contribution is -0.122. The van der Waals surface area contributed by atoms with Crippen LogP contribution < -0.4 is 25.0 Å². The van der Waals surface area contributed by atoms with Crippen molar-refractivity contribution < 1.29 is 23.9 Å². The number of carbonyl (C=O) groups is 3. The van der Waals surface area contributed by atoms with Gasteiger partial charge in [-0.25, -0.2) is 4.90 Å². The molecule has 5 rings (SSSR count). The third-order valence-electron chi connectivity index (χ3n) is 6.29. The predicted molar refractivity (Wildman–Crippen MR) is 158 cm³/mol. The van der Waals surface area contributed by atoms with E-state index in [1.165, 1.54) is 25.2 Å². The highest BCUT2D eigenvalue weighted by molar-refractivity contribution is 7.80. The largest absolute Gasteiger partial charge is 0.497 e. The molecule has 3 aromatic carbocycles. The van der Waals surface area contributed by atoms with E-state index in [0.29, 0.717) is 33.5 Å². The summed E-state index contributed by atoms with van der Waals surface area (Å²) in [4.78, 5) is 40.6. The maximum atomic E-state index is 13.7. The Morgan fingerprint density at radius 3 is 2.52 bits per heavy atom. The van der Waals surface area contributed by atoms with Gasteiger partial charge in [0.1, 0.15) is 23.6 Å². The highest BCUT2D eigenvalue weighted by Gasteiger charge is 2.36. The number of anilines is 2. The second-order valence-electron chi connectivity index (χ2n) is 8.78. The van der Waals surface area contributed by atoms with E-state index >= 15 is 0 Å². The van der Waals surface area contributed by atoms with Gasteiger partial charge in [-0.3, -0.25) is 19.7 Å². The van der Waals surface area contributed by atoms with Gasteiger partial charge in [0.05, 0.1) is 19.9 Å². The van der Waals surface area contributed by atoms with E-state index in [9.17, 15) is 14.4 Å². The van der Waals surface area contributed by atoms with Gasteiger partial charge < -0.3 is 19.4 Å². The SMILES string of the molecule is COc1ccc(N2C(=O)/C(=C\c3cn(CC(=O)Nc4ccc(Cl)cc4)c4ccccc34)C(=O)NC2=S)c(OC)c1. The van der Waals surface area contributed by atoms with E-state index in [2.05, 4.69) is 10.6 Å². The number of carbonyl (C=O) groups excluding carboxylic acids is 3. The molecule has 1 aromatic heterocycles. The standard InChI is InChI=1S/C29H23ClN4O5S/c1-38-20-11-12-24(25(14-20)39-2)34-28(37)22(27(36)32-29(34)40)13-17-15-33(23-6-4-3-5-21(17)23)16-26(35)31-19-9-7-18(30)8-10-19/h3-15H,16H2,1-2H3,(H,31,35)(H,32,36,40)/b22-13-. The molecule has 1 aliphatic rings. The molecule has 1 fully saturated rings. The number of thiocarbonyl (C=S) groups is 1. The van der Waals surface area contributed by atoms with Crippen LogP contribution in [0.4, 0.5) is 11.4 Å². The van der Waals surface area contributed by atoms with Crippen molar-refractivity contribution in [2.45, 2.75) is 6.54 Å². The zero-order valence-corrected chi connectivity index (χ0v) is 23.0. The van der Waals surface area contributed by atoms with Gasteiger partial charge in [0.15, 0.2) is 5.11 Å². The Labute approximate surface area is 239 Å². The van der Waals surface area contributed by atoms with E-state index in [1.807, 2.05) is 24.3 Å². The monoisotopic (exact) mass is 574 g/mol. The molecule has 202 valence electrons. The molecule has 11 heteroatoms. The minimum Gasteiger partial charge on any atom is -0.497 e. The number of aromatic nitrogens is 1. The quantitative estimate of drug-likeness (QED) is 0.187. The average molecular weight is 575 g/mol. The van der Waals surface area contributed by atoms with Crippen LogP contribution in [-0.4, -0.2) is 41.6 Å². The maximum Gasteiger partial charge on any atom is 0.270 e. The van der Waals surface area contributed by atoms with E-state index in [1.54, 1.807) is 53.2 Å². The van der Waals surface area contributed by atoms with Crippen molar-refractivity contribution >= 4 is 75.0 Å². The number of rotatable bonds is 7. The van der Waals surface area contributed by atoms with E-state index in [-0.39, 0.29) is 23.1 Å². The number of para-hydroxylation sites is 1. The van der Waals surface area contributed by atoms with Crippen molar-refractivity contribution in [3.05, 3.63) is 89.1 Å². The Balaban J connectivity index is 1.49. The Kier molecular flexibility index (Phi) is 7.54. The first kappa shape index (κ1) is 26.9. The maximum absolute atomic E-state index is 13.7. The molecular weight excluding hydrogens is 552 g/mol. The van der Waals surface area contributed by atoms with Crippen molar-refractivity contribution in [2.24, 2.45) is 0 Å². The van der Waals surface area contributed by atoms with Crippen LogP contribution in [0.2, 0.25) is 5.02 Å². The Hall–Kier alpha value is -4.67. The van der Waals surface area contributed by atoms with Crippen molar-refractivity contribution in [3.63, 3.8) is 0 Å². The summed E-state index contributed by atoms with van der Waals surface area (Å²) in [7, 11) is 2.98. The summed E-state index contributed by atoms with van der Waals surface area (Å²) in [6, 6.07) is 19.1. The molecule has 0 radical (unpaired) electrons. The van der Waals surface area contributed by atoms with Gasteiger partial charge in [-0.05, 0) is 60.8 Å². The number of halogens is 1. The lowest BCUT2D eigenvalue weighted by Gasteiger charge is -2.30. The molecular formula is C29H23ClN4O5S. The van der Waals surface area contributed by atoms with E-state index in [4.69, 9.17) is 33.3 Å². The van der Waals surface area contributed by atoms with Crippen LogP contribution in [0, 0.1) is 0 Å². The first-order valence-corrected chi connectivity index (χ1v) is 12.8. The van der Waals surface area contributed by atoms with Crippen LogP contribution in [0.15, 0.2) is 78.5 Å². The average Bonchev–Trinajstić information content (AvgIpc) is 3.29. The molecule has 0 atom stereocenters. The first-order valence-electron chi connectivity index (χ1n) is 12.1. The highest BCUT2D eigenvalue weighted by atomic mass is 35.5. The number of fused-ring (bicyclic) bond motifs is 1. The van der Waals surface area contributed by atoms with Gasteiger partial charge in [0.25, 0.3) is 11.8 Å². The summed E-state index contributed by atoms with van der Waals surface area (Å²) in [6.07, 6.45) is 3.23. The molecule has 1 aliphatic heterocycles. The van der Waals surface area contributed by atoms with Gasteiger partial charge in [-0.2, -0.15) is 0 Å². The smallest absolute Gasteiger partial charge is 0.270 e. The molecule has 2 N–H and O–H groups in total. The normalized spacial score (nSPS) is 14.4. The zero-order chi connectivity index (χ0) is 28.4. The number of methoxy groups -OCH3 is 2. The Bertz CT molecular complexity index is 1700. The lowest BCUT2D eigenvalue weighted by atomic mass is 10.1. The molecule has 40 heavy (non-hydrogen) atoms. The van der Waals surface area contributed by atoms with Gasteiger partial charge >= 0.3 is 0 Å². The third kappa shape index (κ3) is 5.27. The van der Waals surface area contributed by atoms with E-state index in [0.717, 1.165) is 10.9 Å². The number of nitrogens with one attached hydrogen (secondary N) is 2. The summed E-state index contributed by atoms with van der Waals surface area (Å²) < 4.78 is 12.5. The molecule has 0 bridgehead atoms. The topological polar surface area (TPSA) is 102 Å². The molecule has 0 aliphatic carbocycles. The minimum atomic E-state index is -0.629. The molecule has 2 heterocycles. The second-order valence-corrected chi connectivity index (χ2v) is 9.60. The molecule has 0 unspecified atom stereocenters. The van der Waals surface area contributed by atoms with Gasteiger partial charge in [-0.15, -0.1) is 0 Å². The molecule has 3 amide bonds. The van der Waals surface area contributed by atoms with Crippen LogP contribution >= 0.6 is 23.8 Å². The number of amides is 3. The van der Waals surface area contributed by atoms with E-state index < -0.39 is 11.8 Å². The van der Waals surface area contributed by atoms with Crippen molar-refractivity contribution in [1.82, 2.24) is 9.88 Å². The minimum absolute atomic E-state index is 0.00567. The fourth-order valence-electron chi connectivity index (χ4n) is 4.41. The van der Waals surface area contributed by atoms with Crippen LogP contribution in [0.5, 0.6) is 11.5 Å². The summed E-state index contributed by atoms with van der Waals surface area (Å²) in [5.74, 6) is -0.625. The van der Waals surface area contributed by atoms with Crippen LogP contribution in [-0.2, 0) is 20.9 Å². The summed E-state index contributed by atoms with van der Waals surface area (Å²) >= 11 is 11.3.